The van der Waals surface area contributed by atoms with Gasteiger partial charge in [-0.25, -0.2) is 8.42 Å². The molecule has 0 aliphatic carbocycles. The number of hydrogen-bond acceptors (Lipinski definition) is 4. The van der Waals surface area contributed by atoms with Gasteiger partial charge in [-0.2, -0.15) is 4.31 Å². The average Bonchev–Trinajstić information content (AvgIpc) is 2.54. The molecule has 0 spiro atoms. The number of nitrogens with one attached hydrogen (secondary N) is 2. The molecule has 0 saturated carbocycles. The van der Waals surface area contributed by atoms with Gasteiger partial charge in [-0.05, 0) is 43.0 Å². The second-order valence-corrected chi connectivity index (χ2v) is 8.78. The van der Waals surface area contributed by atoms with Crippen molar-refractivity contribution >= 4 is 28.3 Å². The average molecular weight is 388 g/mol. The first-order valence-corrected chi connectivity index (χ1v) is 10.00. The lowest BCUT2D eigenvalue weighted by Crippen LogP contribution is -2.48. The van der Waals surface area contributed by atoms with E-state index in [1.807, 2.05) is 0 Å². The number of halogens is 1. The minimum absolute atomic E-state index is 0. The lowest BCUT2D eigenvalue weighted by molar-refractivity contribution is 0.0942. The first-order valence-electron chi connectivity index (χ1n) is 8.56. The van der Waals surface area contributed by atoms with Crippen LogP contribution >= 0.6 is 12.4 Å². The van der Waals surface area contributed by atoms with Crippen LogP contribution in [0.25, 0.3) is 0 Å². The number of carbonyl (C=O) groups excluding carboxylic acids is 1. The Morgan fingerprint density at radius 3 is 2.32 bits per heavy atom. The van der Waals surface area contributed by atoms with E-state index < -0.39 is 10.0 Å². The fourth-order valence-electron chi connectivity index (χ4n) is 2.98. The van der Waals surface area contributed by atoms with Gasteiger partial charge < -0.3 is 10.6 Å². The molecule has 0 atom stereocenters. The zero-order valence-electron chi connectivity index (χ0n) is 14.4. The van der Waals surface area contributed by atoms with E-state index in [0.29, 0.717) is 37.0 Å². The van der Waals surface area contributed by atoms with Gasteiger partial charge >= 0.3 is 0 Å². The van der Waals surface area contributed by atoms with E-state index in [9.17, 15) is 13.2 Å². The van der Waals surface area contributed by atoms with Crippen molar-refractivity contribution in [1.29, 1.82) is 0 Å². The van der Waals surface area contributed by atoms with Crippen LogP contribution in [0.5, 0.6) is 0 Å². The summed E-state index contributed by atoms with van der Waals surface area (Å²) in [5, 5.41) is 6.05. The molecule has 2 aliphatic rings. The van der Waals surface area contributed by atoms with Gasteiger partial charge in [-0.15, -0.1) is 12.4 Å². The third kappa shape index (κ3) is 4.73. The van der Waals surface area contributed by atoms with Crippen LogP contribution in [0.15, 0.2) is 29.2 Å². The van der Waals surface area contributed by atoms with E-state index in [4.69, 9.17) is 0 Å². The fraction of sp³-hybridized carbons (Fsp3) is 0.588. The zero-order chi connectivity index (χ0) is 17.2. The number of amides is 1. The summed E-state index contributed by atoms with van der Waals surface area (Å²) in [5.41, 5.74) is 0.494. The molecule has 140 valence electrons. The van der Waals surface area contributed by atoms with E-state index in [1.165, 1.54) is 12.1 Å². The van der Waals surface area contributed by atoms with Crippen molar-refractivity contribution in [2.24, 2.45) is 11.8 Å². The largest absolute Gasteiger partial charge is 0.352 e. The van der Waals surface area contributed by atoms with Crippen LogP contribution in [0.2, 0.25) is 0 Å². The first kappa shape index (κ1) is 20.2. The van der Waals surface area contributed by atoms with Gasteiger partial charge in [0.2, 0.25) is 10.0 Å². The van der Waals surface area contributed by atoms with Crippen LogP contribution < -0.4 is 10.6 Å². The van der Waals surface area contributed by atoms with Crippen molar-refractivity contribution in [3.63, 3.8) is 0 Å². The van der Waals surface area contributed by atoms with Crippen molar-refractivity contribution in [3.8, 4) is 0 Å². The molecule has 1 amide bonds. The Hall–Kier alpha value is -1.15. The molecule has 6 nitrogen and oxygen atoms in total. The Kier molecular flexibility index (Phi) is 6.85. The molecule has 8 heteroatoms. The van der Waals surface area contributed by atoms with Gasteiger partial charge in [0.05, 0.1) is 4.90 Å². The van der Waals surface area contributed by atoms with Crippen molar-refractivity contribution in [3.05, 3.63) is 29.8 Å². The zero-order valence-corrected chi connectivity index (χ0v) is 16.0. The number of benzene rings is 1. The highest BCUT2D eigenvalue weighted by Gasteiger charge is 2.28. The predicted octanol–water partition coefficient (Wildman–Crippen LogP) is 1.48. The summed E-state index contributed by atoms with van der Waals surface area (Å²) < 4.78 is 26.9. The molecule has 1 aromatic carbocycles. The van der Waals surface area contributed by atoms with Crippen LogP contribution in [0, 0.1) is 11.8 Å². The predicted molar refractivity (Wildman–Crippen MR) is 99.5 cm³/mol. The van der Waals surface area contributed by atoms with Gasteiger partial charge in [-0.1, -0.05) is 6.92 Å². The molecule has 2 fully saturated rings. The molecule has 2 N–H and O–H groups in total. The minimum atomic E-state index is -3.46. The van der Waals surface area contributed by atoms with E-state index in [0.717, 1.165) is 25.9 Å². The maximum absolute atomic E-state index is 12.7. The SMILES string of the molecule is CC1CCN(S(=O)(=O)c2ccc(C(=O)NCC3CNC3)cc2)CC1.Cl. The van der Waals surface area contributed by atoms with Gasteiger partial charge in [-0.3, -0.25) is 4.79 Å². The maximum Gasteiger partial charge on any atom is 0.251 e. The quantitative estimate of drug-likeness (QED) is 0.802. The number of rotatable bonds is 5. The standard InChI is InChI=1S/C17H25N3O3S.ClH/c1-13-6-8-20(9-7-13)24(22,23)16-4-2-15(3-5-16)17(21)19-12-14-10-18-11-14;/h2-5,13-14,18H,6-12H2,1H3,(H,19,21);1H. The highest BCUT2D eigenvalue weighted by atomic mass is 35.5. The molecule has 1 aromatic rings. The molecule has 0 bridgehead atoms. The normalized spacial score (nSPS) is 19.7. The van der Waals surface area contributed by atoms with Crippen molar-refractivity contribution in [2.75, 3.05) is 32.7 Å². The summed E-state index contributed by atoms with van der Waals surface area (Å²) in [6.45, 7) is 5.81. The number of sulfonamides is 1. The molecule has 2 heterocycles. The lowest BCUT2D eigenvalue weighted by atomic mass is 10.0. The summed E-state index contributed by atoms with van der Waals surface area (Å²) >= 11 is 0. The number of piperidine rings is 1. The summed E-state index contributed by atoms with van der Waals surface area (Å²) in [7, 11) is -3.46. The lowest BCUT2D eigenvalue weighted by Gasteiger charge is -2.29. The Labute approximate surface area is 155 Å². The summed E-state index contributed by atoms with van der Waals surface area (Å²) in [6.07, 6.45) is 1.80. The van der Waals surface area contributed by atoms with E-state index >= 15 is 0 Å². The summed E-state index contributed by atoms with van der Waals surface area (Å²) in [5.74, 6) is 0.918. The van der Waals surface area contributed by atoms with E-state index in [-0.39, 0.29) is 23.2 Å². The third-order valence-electron chi connectivity index (χ3n) is 4.91. The Morgan fingerprint density at radius 1 is 1.20 bits per heavy atom. The molecular formula is C17H26ClN3O3S. The smallest absolute Gasteiger partial charge is 0.251 e. The topological polar surface area (TPSA) is 78.5 Å². The molecule has 25 heavy (non-hydrogen) atoms. The summed E-state index contributed by atoms with van der Waals surface area (Å²) in [4.78, 5) is 12.4. The monoisotopic (exact) mass is 387 g/mol. The number of hydrogen-bond donors (Lipinski definition) is 2. The summed E-state index contributed by atoms with van der Waals surface area (Å²) in [6, 6.07) is 6.25. The second kappa shape index (κ2) is 8.49. The minimum Gasteiger partial charge on any atom is -0.352 e. The van der Waals surface area contributed by atoms with Gasteiger partial charge in [0.25, 0.3) is 5.91 Å². The molecular weight excluding hydrogens is 362 g/mol. The van der Waals surface area contributed by atoms with Crippen molar-refractivity contribution < 1.29 is 13.2 Å². The Morgan fingerprint density at radius 2 is 1.80 bits per heavy atom. The molecule has 2 aliphatic heterocycles. The van der Waals surface area contributed by atoms with E-state index in [2.05, 4.69) is 17.6 Å². The Balaban J connectivity index is 0.00000225. The van der Waals surface area contributed by atoms with Crippen LogP contribution in [0.3, 0.4) is 0 Å². The van der Waals surface area contributed by atoms with Crippen LogP contribution in [-0.4, -0.2) is 51.4 Å². The van der Waals surface area contributed by atoms with Gasteiger partial charge in [0.1, 0.15) is 0 Å². The van der Waals surface area contributed by atoms with Crippen molar-refractivity contribution in [2.45, 2.75) is 24.7 Å². The number of nitrogens with zero attached hydrogens (tertiary/aromatic N) is 1. The molecule has 0 radical (unpaired) electrons. The number of carbonyl (C=O) groups is 1. The van der Waals surface area contributed by atoms with Crippen molar-refractivity contribution in [1.82, 2.24) is 14.9 Å². The molecule has 2 saturated heterocycles. The van der Waals surface area contributed by atoms with Crippen LogP contribution in [0.4, 0.5) is 0 Å². The molecule has 0 unspecified atom stereocenters. The van der Waals surface area contributed by atoms with Crippen LogP contribution in [-0.2, 0) is 10.0 Å². The second-order valence-electron chi connectivity index (χ2n) is 6.85. The highest BCUT2D eigenvalue weighted by molar-refractivity contribution is 7.89. The Bertz CT molecular complexity index is 682. The fourth-order valence-corrected chi connectivity index (χ4v) is 4.45. The van der Waals surface area contributed by atoms with Gasteiger partial charge in [0, 0.05) is 44.2 Å². The van der Waals surface area contributed by atoms with E-state index in [1.54, 1.807) is 16.4 Å². The van der Waals surface area contributed by atoms with Crippen LogP contribution in [0.1, 0.15) is 30.1 Å². The van der Waals surface area contributed by atoms with Gasteiger partial charge in [0.15, 0.2) is 0 Å². The maximum atomic E-state index is 12.7. The third-order valence-corrected chi connectivity index (χ3v) is 6.83. The first-order chi connectivity index (χ1) is 11.5. The molecule has 0 aromatic heterocycles. The highest BCUT2D eigenvalue weighted by Crippen LogP contribution is 2.23. The molecule has 3 rings (SSSR count).